The number of carboxylic acid groups (broad SMARTS) is 1. The molecule has 21 heavy (non-hydrogen) atoms. The van der Waals surface area contributed by atoms with Crippen LogP contribution in [0.15, 0.2) is 12.1 Å². The van der Waals surface area contributed by atoms with Gasteiger partial charge in [0.2, 0.25) is 0 Å². The monoisotopic (exact) mass is 356 g/mol. The molecule has 3 nitrogen and oxygen atoms in total. The predicted molar refractivity (Wildman–Crippen MR) is 89.4 cm³/mol. The van der Waals surface area contributed by atoms with Gasteiger partial charge in [0.25, 0.3) is 0 Å². The lowest BCUT2D eigenvalue weighted by Crippen LogP contribution is -2.18. The zero-order valence-corrected chi connectivity index (χ0v) is 15.2. The van der Waals surface area contributed by atoms with Crippen molar-refractivity contribution in [3.05, 3.63) is 28.8 Å². The molecule has 0 radical (unpaired) electrons. The topological polar surface area (TPSA) is 57.5 Å². The number of hydrogen-bond acceptors (Lipinski definition) is 2. The first kappa shape index (κ1) is 18.0. The van der Waals surface area contributed by atoms with Gasteiger partial charge in [-0.2, -0.15) is 0 Å². The van der Waals surface area contributed by atoms with Crippen molar-refractivity contribution in [3.8, 4) is 5.75 Å². The molecule has 118 valence electrons. The minimum absolute atomic E-state index is 0.0118. The number of carbonyl (C=O) groups is 1. The Morgan fingerprint density at radius 1 is 1.10 bits per heavy atom. The molecule has 1 rings (SSSR count). The Kier molecular flexibility index (Phi) is 5.14. The van der Waals surface area contributed by atoms with E-state index in [1.54, 1.807) is 0 Å². The summed E-state index contributed by atoms with van der Waals surface area (Å²) < 4.78 is 0. The number of aromatic hydroxyl groups is 1. The standard InChI is InChI=1S/C17H25BrO3/c1-16(2,3)11-7-10(13(18)9-14(19)20)8-12(15(11)21)17(4,5)6/h7-8,13,21H,9H2,1-6H3,(H,19,20). The zero-order valence-electron chi connectivity index (χ0n) is 13.6. The van der Waals surface area contributed by atoms with Crippen LogP contribution in [0.25, 0.3) is 0 Å². The summed E-state index contributed by atoms with van der Waals surface area (Å²) in [4.78, 5) is 10.7. The van der Waals surface area contributed by atoms with Gasteiger partial charge < -0.3 is 10.2 Å². The van der Waals surface area contributed by atoms with E-state index in [-0.39, 0.29) is 22.1 Å². The van der Waals surface area contributed by atoms with Gasteiger partial charge >= 0.3 is 5.97 Å². The van der Waals surface area contributed by atoms with Gasteiger partial charge in [-0.15, -0.1) is 0 Å². The number of carboxylic acids is 1. The highest BCUT2D eigenvalue weighted by molar-refractivity contribution is 9.09. The molecule has 1 aromatic rings. The molecule has 0 heterocycles. The lowest BCUT2D eigenvalue weighted by Gasteiger charge is -2.29. The summed E-state index contributed by atoms with van der Waals surface area (Å²) >= 11 is 3.45. The van der Waals surface area contributed by atoms with Crippen molar-refractivity contribution in [1.82, 2.24) is 0 Å². The van der Waals surface area contributed by atoms with Crippen LogP contribution in [-0.2, 0) is 15.6 Å². The third-order valence-corrected chi connectivity index (χ3v) is 4.32. The first-order valence-electron chi connectivity index (χ1n) is 7.07. The molecule has 0 aliphatic rings. The summed E-state index contributed by atoms with van der Waals surface area (Å²) in [5, 5.41) is 19.6. The zero-order chi connectivity index (χ0) is 16.6. The van der Waals surface area contributed by atoms with E-state index in [0.717, 1.165) is 16.7 Å². The number of benzene rings is 1. The molecule has 0 saturated heterocycles. The lowest BCUT2D eigenvalue weighted by atomic mass is 9.78. The van der Waals surface area contributed by atoms with Crippen molar-refractivity contribution in [2.24, 2.45) is 0 Å². The average Bonchev–Trinajstić information content (AvgIpc) is 2.24. The molecule has 0 spiro atoms. The molecule has 2 N–H and O–H groups in total. The second-order valence-electron chi connectivity index (χ2n) is 7.53. The van der Waals surface area contributed by atoms with E-state index in [1.165, 1.54) is 0 Å². The normalized spacial score (nSPS) is 14.0. The van der Waals surface area contributed by atoms with Gasteiger partial charge in [0, 0.05) is 4.83 Å². The minimum atomic E-state index is -0.848. The number of halogens is 1. The summed E-state index contributed by atoms with van der Waals surface area (Å²) in [6.45, 7) is 12.2. The third kappa shape index (κ3) is 4.47. The maximum Gasteiger partial charge on any atom is 0.304 e. The van der Waals surface area contributed by atoms with Crippen LogP contribution in [0.2, 0.25) is 0 Å². The van der Waals surface area contributed by atoms with Crippen molar-refractivity contribution in [3.63, 3.8) is 0 Å². The highest BCUT2D eigenvalue weighted by atomic mass is 79.9. The second-order valence-corrected chi connectivity index (χ2v) is 8.64. The van der Waals surface area contributed by atoms with Crippen LogP contribution in [0.1, 0.15) is 69.5 Å². The number of rotatable bonds is 3. The average molecular weight is 357 g/mol. The van der Waals surface area contributed by atoms with Gasteiger partial charge in [-0.1, -0.05) is 69.6 Å². The molecule has 0 bridgehead atoms. The SMILES string of the molecule is CC(C)(C)c1cc(C(Br)CC(=O)O)cc(C(C)(C)C)c1O. The van der Waals surface area contributed by atoms with Gasteiger partial charge in [0.05, 0.1) is 6.42 Å². The molecule has 1 unspecified atom stereocenters. The maximum absolute atomic E-state index is 10.9. The first-order valence-corrected chi connectivity index (χ1v) is 7.99. The smallest absolute Gasteiger partial charge is 0.304 e. The summed E-state index contributed by atoms with van der Waals surface area (Å²) in [6, 6.07) is 3.82. The summed E-state index contributed by atoms with van der Waals surface area (Å²) in [6.07, 6.45) is 0.0118. The van der Waals surface area contributed by atoms with E-state index in [4.69, 9.17) is 5.11 Å². The largest absolute Gasteiger partial charge is 0.507 e. The second kappa shape index (κ2) is 5.99. The molecule has 0 saturated carbocycles. The van der Waals surface area contributed by atoms with Crippen LogP contribution in [0.4, 0.5) is 0 Å². The Labute approximate surface area is 135 Å². The van der Waals surface area contributed by atoms with Gasteiger partial charge in [-0.25, -0.2) is 0 Å². The molecule has 0 aliphatic carbocycles. The summed E-state index contributed by atoms with van der Waals surface area (Å²) in [5.41, 5.74) is 2.16. The van der Waals surface area contributed by atoms with Crippen molar-refractivity contribution in [2.45, 2.75) is 63.6 Å². The highest BCUT2D eigenvalue weighted by Crippen LogP contribution is 2.42. The number of alkyl halides is 1. The van der Waals surface area contributed by atoms with Gasteiger partial charge in [0.15, 0.2) is 0 Å². The van der Waals surface area contributed by atoms with E-state index in [1.807, 2.05) is 53.7 Å². The van der Waals surface area contributed by atoms with Crippen LogP contribution < -0.4 is 0 Å². The number of phenolic OH excluding ortho intramolecular Hbond substituents is 1. The van der Waals surface area contributed by atoms with E-state index in [9.17, 15) is 9.90 Å². The fraction of sp³-hybridized carbons (Fsp3) is 0.588. The quantitative estimate of drug-likeness (QED) is 0.757. The number of hydrogen-bond donors (Lipinski definition) is 2. The highest BCUT2D eigenvalue weighted by Gasteiger charge is 2.28. The van der Waals surface area contributed by atoms with Crippen molar-refractivity contribution >= 4 is 21.9 Å². The summed E-state index contributed by atoms with van der Waals surface area (Å²) in [5.74, 6) is -0.534. The van der Waals surface area contributed by atoms with Gasteiger partial charge in [-0.3, -0.25) is 4.79 Å². The van der Waals surface area contributed by atoms with E-state index >= 15 is 0 Å². The molecular weight excluding hydrogens is 332 g/mol. The Bertz CT molecular complexity index is 501. The molecule has 0 aromatic heterocycles. The Hall–Kier alpha value is -1.03. The van der Waals surface area contributed by atoms with Crippen LogP contribution in [0.5, 0.6) is 5.75 Å². The first-order chi connectivity index (χ1) is 9.34. The molecule has 1 atom stereocenters. The van der Waals surface area contributed by atoms with Crippen LogP contribution in [0.3, 0.4) is 0 Å². The van der Waals surface area contributed by atoms with Crippen LogP contribution in [-0.4, -0.2) is 16.2 Å². The summed E-state index contributed by atoms with van der Waals surface area (Å²) in [7, 11) is 0. The number of aliphatic carboxylic acids is 1. The fourth-order valence-corrected chi connectivity index (χ4v) is 2.79. The molecular formula is C17H25BrO3. The lowest BCUT2D eigenvalue weighted by molar-refractivity contribution is -0.136. The predicted octanol–water partition coefficient (Wildman–Crippen LogP) is 4.90. The Balaban J connectivity index is 3.51. The van der Waals surface area contributed by atoms with Gasteiger partial charge in [-0.05, 0) is 27.5 Å². The van der Waals surface area contributed by atoms with Crippen molar-refractivity contribution < 1.29 is 15.0 Å². The minimum Gasteiger partial charge on any atom is -0.507 e. The van der Waals surface area contributed by atoms with Gasteiger partial charge in [0.1, 0.15) is 5.75 Å². The molecule has 0 fully saturated rings. The third-order valence-electron chi connectivity index (χ3n) is 3.46. The molecule has 1 aromatic carbocycles. The van der Waals surface area contributed by atoms with E-state index in [0.29, 0.717) is 5.75 Å². The van der Waals surface area contributed by atoms with E-state index in [2.05, 4.69) is 15.9 Å². The van der Waals surface area contributed by atoms with E-state index < -0.39 is 5.97 Å². The Morgan fingerprint density at radius 2 is 1.48 bits per heavy atom. The van der Waals surface area contributed by atoms with Crippen molar-refractivity contribution in [2.75, 3.05) is 0 Å². The number of phenols is 1. The molecule has 0 amide bonds. The Morgan fingerprint density at radius 3 is 1.76 bits per heavy atom. The van der Waals surface area contributed by atoms with Crippen LogP contribution in [0, 0.1) is 0 Å². The fourth-order valence-electron chi connectivity index (χ4n) is 2.25. The maximum atomic E-state index is 10.9. The molecule has 4 heteroatoms. The van der Waals surface area contributed by atoms with Crippen molar-refractivity contribution in [1.29, 1.82) is 0 Å². The molecule has 0 aliphatic heterocycles. The van der Waals surface area contributed by atoms with Crippen LogP contribution >= 0.6 is 15.9 Å².